The molecule has 146 valence electrons. The van der Waals surface area contributed by atoms with E-state index in [9.17, 15) is 9.13 Å². The van der Waals surface area contributed by atoms with Crippen molar-refractivity contribution in [3.05, 3.63) is 0 Å². The molecule has 1 atom stereocenters. The standard InChI is InChI=1S/C15H35NO6P2/c1-7-16(8-2)13-15(24(18,21-11-5)22-12-6)14-23(17,19-9-3)20-10-4/h15H,7-14H2,1-6H3/t15-/m0/s1. The molecule has 0 rings (SSSR count). The van der Waals surface area contributed by atoms with Gasteiger partial charge in [-0.15, -0.1) is 0 Å². The number of nitrogens with zero attached hydrogens (tertiary/aromatic N) is 1. The maximum Gasteiger partial charge on any atom is 0.335 e. The first-order valence-electron chi connectivity index (χ1n) is 8.83. The van der Waals surface area contributed by atoms with Crippen molar-refractivity contribution in [2.24, 2.45) is 0 Å². The van der Waals surface area contributed by atoms with Crippen LogP contribution in [0.5, 0.6) is 0 Å². The van der Waals surface area contributed by atoms with Gasteiger partial charge < -0.3 is 23.0 Å². The van der Waals surface area contributed by atoms with Crippen LogP contribution in [-0.4, -0.2) is 62.8 Å². The van der Waals surface area contributed by atoms with Crippen molar-refractivity contribution in [3.63, 3.8) is 0 Å². The molecule has 7 nitrogen and oxygen atoms in total. The van der Waals surface area contributed by atoms with E-state index in [4.69, 9.17) is 18.1 Å². The van der Waals surface area contributed by atoms with Gasteiger partial charge in [-0.25, -0.2) is 0 Å². The SMILES string of the molecule is CCOP(=O)(C[C@H](CN(CC)CC)P(=O)(OCC)OCC)OCC. The summed E-state index contributed by atoms with van der Waals surface area (Å²) in [6.45, 7) is 14.2. The van der Waals surface area contributed by atoms with E-state index in [1.165, 1.54) is 0 Å². The van der Waals surface area contributed by atoms with E-state index in [1.54, 1.807) is 27.7 Å². The highest BCUT2D eigenvalue weighted by molar-refractivity contribution is 7.58. The van der Waals surface area contributed by atoms with Gasteiger partial charge in [0.05, 0.1) is 38.2 Å². The highest BCUT2D eigenvalue weighted by atomic mass is 31.2. The minimum absolute atomic E-state index is 0.0163. The van der Waals surface area contributed by atoms with Gasteiger partial charge in [-0.1, -0.05) is 13.8 Å². The summed E-state index contributed by atoms with van der Waals surface area (Å²) in [6, 6.07) is 0. The van der Waals surface area contributed by atoms with E-state index in [-0.39, 0.29) is 32.6 Å². The summed E-state index contributed by atoms with van der Waals surface area (Å²) in [7, 11) is -6.78. The van der Waals surface area contributed by atoms with Crippen LogP contribution in [0, 0.1) is 0 Å². The Bertz CT molecular complexity index is 397. The molecule has 0 saturated heterocycles. The molecule has 0 heterocycles. The van der Waals surface area contributed by atoms with Crippen LogP contribution in [0.2, 0.25) is 0 Å². The monoisotopic (exact) mass is 387 g/mol. The molecule has 0 fully saturated rings. The van der Waals surface area contributed by atoms with Crippen molar-refractivity contribution in [3.8, 4) is 0 Å². The molecule has 0 N–H and O–H groups in total. The summed E-state index contributed by atoms with van der Waals surface area (Å²) in [5, 5.41) is 0. The van der Waals surface area contributed by atoms with E-state index in [2.05, 4.69) is 4.90 Å². The average molecular weight is 387 g/mol. The third-order valence-corrected chi connectivity index (χ3v) is 8.47. The zero-order valence-corrected chi connectivity index (χ0v) is 17.8. The maximum atomic E-state index is 13.3. The summed E-state index contributed by atoms with van der Waals surface area (Å²) in [5.41, 5.74) is -0.568. The fourth-order valence-corrected chi connectivity index (χ4v) is 7.19. The van der Waals surface area contributed by atoms with Crippen molar-refractivity contribution < 1.29 is 27.2 Å². The number of hydrogen-bond donors (Lipinski definition) is 0. The number of rotatable bonds is 15. The molecule has 0 spiro atoms. The zero-order chi connectivity index (χ0) is 18.6. The summed E-state index contributed by atoms with van der Waals surface area (Å²) < 4.78 is 48.0. The second-order valence-electron chi connectivity index (χ2n) is 5.14. The van der Waals surface area contributed by atoms with Gasteiger partial charge in [0.1, 0.15) is 0 Å². The van der Waals surface area contributed by atoms with Gasteiger partial charge in [0, 0.05) is 6.54 Å². The summed E-state index contributed by atoms with van der Waals surface area (Å²) in [5.74, 6) is 0. The van der Waals surface area contributed by atoms with Gasteiger partial charge >= 0.3 is 15.2 Å². The highest BCUT2D eigenvalue weighted by Crippen LogP contribution is 2.60. The van der Waals surface area contributed by atoms with E-state index in [1.807, 2.05) is 13.8 Å². The van der Waals surface area contributed by atoms with E-state index in [0.717, 1.165) is 13.1 Å². The molecule has 0 radical (unpaired) electrons. The first kappa shape index (κ1) is 24.3. The lowest BCUT2D eigenvalue weighted by molar-refractivity contribution is 0.193. The first-order chi connectivity index (χ1) is 11.3. The molecule has 0 bridgehead atoms. The third-order valence-electron chi connectivity index (χ3n) is 3.51. The first-order valence-corrected chi connectivity index (χ1v) is 12.2. The maximum absolute atomic E-state index is 13.3. The van der Waals surface area contributed by atoms with Crippen LogP contribution in [0.3, 0.4) is 0 Å². The zero-order valence-electron chi connectivity index (χ0n) is 16.0. The summed E-state index contributed by atoms with van der Waals surface area (Å²) in [4.78, 5) is 2.11. The molecule has 0 amide bonds. The van der Waals surface area contributed by atoms with Crippen molar-refractivity contribution in [1.82, 2.24) is 4.90 Å². The molecule has 0 aromatic rings. The largest absolute Gasteiger partial charge is 0.335 e. The third kappa shape index (κ3) is 8.09. The van der Waals surface area contributed by atoms with Crippen LogP contribution in [0.15, 0.2) is 0 Å². The van der Waals surface area contributed by atoms with Gasteiger partial charge in [-0.2, -0.15) is 0 Å². The van der Waals surface area contributed by atoms with E-state index >= 15 is 0 Å². The van der Waals surface area contributed by atoms with Crippen molar-refractivity contribution in [2.75, 3.05) is 52.2 Å². The van der Waals surface area contributed by atoms with Gasteiger partial charge in [-0.3, -0.25) is 9.13 Å². The molecule has 0 aliphatic carbocycles. The number of hydrogen-bond acceptors (Lipinski definition) is 7. The Morgan fingerprint density at radius 3 is 1.50 bits per heavy atom. The summed E-state index contributed by atoms with van der Waals surface area (Å²) >= 11 is 0. The lowest BCUT2D eigenvalue weighted by Crippen LogP contribution is -2.35. The predicted molar refractivity (Wildman–Crippen MR) is 98.2 cm³/mol. The lowest BCUT2D eigenvalue weighted by atomic mass is 10.4. The molecule has 0 aliphatic heterocycles. The fraction of sp³-hybridized carbons (Fsp3) is 1.00. The second-order valence-corrected chi connectivity index (χ2v) is 9.57. The minimum atomic E-state index is -3.43. The predicted octanol–water partition coefficient (Wildman–Crippen LogP) is 4.23. The Labute approximate surface area is 147 Å². The molecule has 9 heteroatoms. The van der Waals surface area contributed by atoms with Gasteiger partial charge in [0.2, 0.25) is 0 Å². The highest BCUT2D eigenvalue weighted by Gasteiger charge is 2.42. The normalized spacial score (nSPS) is 14.3. The quantitative estimate of drug-likeness (QED) is 0.389. The van der Waals surface area contributed by atoms with Gasteiger partial charge in [-0.05, 0) is 40.8 Å². The molecule has 0 aliphatic rings. The molecular formula is C15H35NO6P2. The fourth-order valence-electron chi connectivity index (χ4n) is 2.44. The smallest absolute Gasteiger partial charge is 0.309 e. The topological polar surface area (TPSA) is 74.3 Å². The molecule has 0 unspecified atom stereocenters. The molecule has 0 saturated carbocycles. The van der Waals surface area contributed by atoms with Crippen LogP contribution in [0.25, 0.3) is 0 Å². The molecule has 24 heavy (non-hydrogen) atoms. The van der Waals surface area contributed by atoms with Crippen LogP contribution in [0.4, 0.5) is 0 Å². The van der Waals surface area contributed by atoms with Crippen molar-refractivity contribution in [1.29, 1.82) is 0 Å². The molecule has 0 aromatic heterocycles. The van der Waals surface area contributed by atoms with Crippen molar-refractivity contribution >= 4 is 15.2 Å². The minimum Gasteiger partial charge on any atom is -0.309 e. The second kappa shape index (κ2) is 12.6. The van der Waals surface area contributed by atoms with E-state index in [0.29, 0.717) is 6.54 Å². The Morgan fingerprint density at radius 2 is 1.17 bits per heavy atom. The van der Waals surface area contributed by atoms with Crippen LogP contribution >= 0.6 is 15.2 Å². The Balaban J connectivity index is 5.58. The Morgan fingerprint density at radius 1 is 0.750 bits per heavy atom. The van der Waals surface area contributed by atoms with Crippen molar-refractivity contribution in [2.45, 2.75) is 47.2 Å². The van der Waals surface area contributed by atoms with Crippen LogP contribution in [0.1, 0.15) is 41.5 Å². The average Bonchev–Trinajstić information content (AvgIpc) is 2.52. The van der Waals surface area contributed by atoms with E-state index < -0.39 is 20.9 Å². The van der Waals surface area contributed by atoms with Gasteiger partial charge in [0.25, 0.3) is 0 Å². The Hall–Kier alpha value is 0.260. The molecular weight excluding hydrogens is 352 g/mol. The van der Waals surface area contributed by atoms with Gasteiger partial charge in [0.15, 0.2) is 0 Å². The summed E-state index contributed by atoms with van der Waals surface area (Å²) in [6.07, 6.45) is 0.0163. The Kier molecular flexibility index (Phi) is 12.7. The lowest BCUT2D eigenvalue weighted by Gasteiger charge is -2.32. The molecule has 0 aromatic carbocycles. The van der Waals surface area contributed by atoms with Crippen LogP contribution in [-0.2, 0) is 27.2 Å². The van der Waals surface area contributed by atoms with Crippen LogP contribution < -0.4 is 0 Å².